The summed E-state index contributed by atoms with van der Waals surface area (Å²) >= 11 is 0. The van der Waals surface area contributed by atoms with Gasteiger partial charge in [0.1, 0.15) is 17.3 Å². The van der Waals surface area contributed by atoms with Crippen molar-refractivity contribution in [1.82, 2.24) is 0 Å². The molecular formula is C24H25FO5. The number of unbranched alkanes of at least 4 members (excludes halogenated alkanes) is 3. The normalized spacial score (nSPS) is 10.2. The molecule has 2 rings (SSSR count). The first-order valence-electron chi connectivity index (χ1n) is 9.69. The first kappa shape index (κ1) is 22.9. The lowest BCUT2D eigenvalue weighted by atomic mass is 10.0. The van der Waals surface area contributed by atoms with E-state index < -0.39 is 17.8 Å². The highest BCUT2D eigenvalue weighted by molar-refractivity contribution is 5.83. The monoisotopic (exact) mass is 412 g/mol. The topological polar surface area (TPSA) is 61.8 Å². The van der Waals surface area contributed by atoms with Gasteiger partial charge in [-0.05, 0) is 55.5 Å². The van der Waals surface area contributed by atoms with Gasteiger partial charge in [0.05, 0.1) is 13.2 Å². The van der Waals surface area contributed by atoms with Gasteiger partial charge in [-0.2, -0.15) is 0 Å². The predicted octanol–water partition coefficient (Wildman–Crippen LogP) is 5.25. The van der Waals surface area contributed by atoms with Crippen molar-refractivity contribution >= 4 is 11.9 Å². The van der Waals surface area contributed by atoms with E-state index in [4.69, 9.17) is 14.2 Å². The minimum absolute atomic E-state index is 0.364. The molecule has 0 aromatic heterocycles. The number of hydrogen-bond acceptors (Lipinski definition) is 5. The van der Waals surface area contributed by atoms with Crippen LogP contribution in [-0.2, 0) is 14.3 Å². The van der Waals surface area contributed by atoms with Crippen molar-refractivity contribution in [3.05, 3.63) is 73.6 Å². The van der Waals surface area contributed by atoms with Crippen LogP contribution in [0.3, 0.4) is 0 Å². The standard InChI is InChI=1S/C24H25FO5/c1-3-23(26)29-16-8-6-5-7-15-28-20-13-14-21(22(25)17-20)18-9-11-19(12-10-18)30-24(27)4-2/h3-4,9-14,17H,1-2,5-8,15-16H2. The Bertz CT molecular complexity index is 874. The van der Waals surface area contributed by atoms with Gasteiger partial charge < -0.3 is 14.2 Å². The molecule has 0 atom stereocenters. The zero-order chi connectivity index (χ0) is 21.8. The Morgan fingerprint density at radius 3 is 2.10 bits per heavy atom. The molecule has 0 aliphatic carbocycles. The molecule has 0 aliphatic heterocycles. The van der Waals surface area contributed by atoms with Gasteiger partial charge in [-0.1, -0.05) is 25.3 Å². The Labute approximate surface area is 175 Å². The maximum Gasteiger partial charge on any atom is 0.335 e. The number of carbonyl (C=O) groups excluding carboxylic acids is 2. The summed E-state index contributed by atoms with van der Waals surface area (Å²) in [6, 6.07) is 11.3. The summed E-state index contributed by atoms with van der Waals surface area (Å²) in [6.45, 7) is 7.54. The molecule has 0 radical (unpaired) electrons. The summed E-state index contributed by atoms with van der Waals surface area (Å²) in [6.07, 6.45) is 5.67. The maximum absolute atomic E-state index is 14.5. The van der Waals surface area contributed by atoms with Crippen molar-refractivity contribution in [3.8, 4) is 22.6 Å². The fourth-order valence-corrected chi connectivity index (χ4v) is 2.66. The summed E-state index contributed by atoms with van der Waals surface area (Å²) in [5, 5.41) is 0. The second-order valence-corrected chi connectivity index (χ2v) is 6.43. The molecule has 0 saturated carbocycles. The molecule has 2 aromatic rings. The molecule has 0 spiro atoms. The van der Waals surface area contributed by atoms with Crippen molar-refractivity contribution in [1.29, 1.82) is 0 Å². The summed E-state index contributed by atoms with van der Waals surface area (Å²) in [5.74, 6) is -0.523. The van der Waals surface area contributed by atoms with E-state index in [9.17, 15) is 14.0 Å². The third-order valence-electron chi connectivity index (χ3n) is 4.21. The molecule has 0 aliphatic rings. The largest absolute Gasteiger partial charge is 0.493 e. The molecule has 30 heavy (non-hydrogen) atoms. The highest BCUT2D eigenvalue weighted by atomic mass is 19.1. The number of halogens is 1. The fraction of sp³-hybridized carbons (Fsp3) is 0.250. The molecule has 5 nitrogen and oxygen atoms in total. The van der Waals surface area contributed by atoms with Crippen LogP contribution in [0.5, 0.6) is 11.5 Å². The van der Waals surface area contributed by atoms with Crippen molar-refractivity contribution in [2.45, 2.75) is 25.7 Å². The van der Waals surface area contributed by atoms with Crippen molar-refractivity contribution in [3.63, 3.8) is 0 Å². The average Bonchev–Trinajstić information content (AvgIpc) is 2.76. The van der Waals surface area contributed by atoms with Gasteiger partial charge in [-0.15, -0.1) is 0 Å². The molecule has 0 fully saturated rings. The van der Waals surface area contributed by atoms with Crippen LogP contribution >= 0.6 is 0 Å². The molecule has 158 valence electrons. The van der Waals surface area contributed by atoms with Crippen molar-refractivity contribution in [2.24, 2.45) is 0 Å². The zero-order valence-electron chi connectivity index (χ0n) is 16.8. The average molecular weight is 412 g/mol. The molecular weight excluding hydrogens is 387 g/mol. The Hall–Kier alpha value is -3.41. The Balaban J connectivity index is 1.77. The van der Waals surface area contributed by atoms with E-state index in [1.807, 2.05) is 0 Å². The van der Waals surface area contributed by atoms with Gasteiger partial charge in [-0.25, -0.2) is 14.0 Å². The predicted molar refractivity (Wildman–Crippen MR) is 113 cm³/mol. The third kappa shape index (κ3) is 7.54. The lowest BCUT2D eigenvalue weighted by molar-refractivity contribution is -0.137. The number of rotatable bonds is 12. The smallest absolute Gasteiger partial charge is 0.335 e. The third-order valence-corrected chi connectivity index (χ3v) is 4.21. The summed E-state index contributed by atoms with van der Waals surface area (Å²) < 4.78 is 30.0. The summed E-state index contributed by atoms with van der Waals surface area (Å²) in [7, 11) is 0. The van der Waals surface area contributed by atoms with Crippen LogP contribution in [0.15, 0.2) is 67.8 Å². The number of esters is 2. The molecule has 0 saturated heterocycles. The zero-order valence-corrected chi connectivity index (χ0v) is 16.8. The van der Waals surface area contributed by atoms with Gasteiger partial charge in [0.15, 0.2) is 0 Å². The molecule has 0 bridgehead atoms. The first-order valence-corrected chi connectivity index (χ1v) is 9.69. The molecule has 6 heteroatoms. The van der Waals surface area contributed by atoms with E-state index in [1.54, 1.807) is 36.4 Å². The van der Waals surface area contributed by atoms with Gasteiger partial charge in [0.2, 0.25) is 0 Å². The van der Waals surface area contributed by atoms with E-state index in [0.717, 1.165) is 37.8 Å². The van der Waals surface area contributed by atoms with E-state index in [0.29, 0.717) is 35.8 Å². The molecule has 0 unspecified atom stereocenters. The van der Waals surface area contributed by atoms with Crippen molar-refractivity contribution < 1.29 is 28.2 Å². The SMILES string of the molecule is C=CC(=O)OCCCCCCOc1ccc(-c2ccc(OC(=O)C=C)cc2)c(F)c1. The van der Waals surface area contributed by atoms with E-state index in [-0.39, 0.29) is 0 Å². The second-order valence-electron chi connectivity index (χ2n) is 6.43. The van der Waals surface area contributed by atoms with Crippen molar-refractivity contribution in [2.75, 3.05) is 13.2 Å². The summed E-state index contributed by atoms with van der Waals surface area (Å²) in [4.78, 5) is 22.1. The number of benzene rings is 2. The van der Waals surface area contributed by atoms with Crippen LogP contribution in [0.1, 0.15) is 25.7 Å². The van der Waals surface area contributed by atoms with Crippen LogP contribution in [-0.4, -0.2) is 25.2 Å². The van der Waals surface area contributed by atoms with Gasteiger partial charge in [-0.3, -0.25) is 0 Å². The Morgan fingerprint density at radius 1 is 0.833 bits per heavy atom. The first-order chi connectivity index (χ1) is 14.5. The van der Waals surface area contributed by atoms with E-state index >= 15 is 0 Å². The number of hydrogen-bond donors (Lipinski definition) is 0. The molecule has 0 amide bonds. The lowest BCUT2D eigenvalue weighted by Gasteiger charge is -2.09. The quantitative estimate of drug-likeness (QED) is 0.206. The number of carbonyl (C=O) groups is 2. The Kier molecular flexibility index (Phi) is 9.31. The fourth-order valence-electron chi connectivity index (χ4n) is 2.66. The second kappa shape index (κ2) is 12.2. The van der Waals surface area contributed by atoms with Crippen LogP contribution in [0.2, 0.25) is 0 Å². The van der Waals surface area contributed by atoms with Crippen LogP contribution < -0.4 is 9.47 Å². The highest BCUT2D eigenvalue weighted by Crippen LogP contribution is 2.28. The highest BCUT2D eigenvalue weighted by Gasteiger charge is 2.08. The van der Waals surface area contributed by atoms with Gasteiger partial charge in [0, 0.05) is 23.8 Å². The lowest BCUT2D eigenvalue weighted by Crippen LogP contribution is -2.02. The van der Waals surface area contributed by atoms with Crippen LogP contribution in [0.25, 0.3) is 11.1 Å². The van der Waals surface area contributed by atoms with E-state index in [2.05, 4.69) is 13.2 Å². The minimum atomic E-state index is -0.549. The van der Waals surface area contributed by atoms with Gasteiger partial charge in [0.25, 0.3) is 0 Å². The Morgan fingerprint density at radius 2 is 1.47 bits per heavy atom. The minimum Gasteiger partial charge on any atom is -0.493 e. The molecule has 2 aromatic carbocycles. The molecule has 0 heterocycles. The van der Waals surface area contributed by atoms with Crippen LogP contribution in [0.4, 0.5) is 4.39 Å². The maximum atomic E-state index is 14.5. The number of ether oxygens (including phenoxy) is 3. The van der Waals surface area contributed by atoms with E-state index in [1.165, 1.54) is 6.07 Å². The summed E-state index contributed by atoms with van der Waals surface area (Å²) in [5.41, 5.74) is 1.09. The van der Waals surface area contributed by atoms with Gasteiger partial charge >= 0.3 is 11.9 Å². The molecule has 0 N–H and O–H groups in total. The van der Waals surface area contributed by atoms with Crippen LogP contribution in [0, 0.1) is 5.82 Å².